The zero-order valence-corrected chi connectivity index (χ0v) is 7.94. The van der Waals surface area contributed by atoms with Gasteiger partial charge in [-0.3, -0.25) is 4.79 Å². The zero-order chi connectivity index (χ0) is 13.1. The standard InChI is InChI=1S/C7H8F5NO3/c1-2-3(4(14)15)13-5(16)6(8,9)7(10,11)12/h3H,2H2,1H3,(H,13,16)(H,14,15)/t3-/m1/s1. The summed E-state index contributed by atoms with van der Waals surface area (Å²) in [5.41, 5.74) is 0. The first-order valence-corrected chi connectivity index (χ1v) is 4.02. The summed E-state index contributed by atoms with van der Waals surface area (Å²) in [6, 6.07) is -1.78. The van der Waals surface area contributed by atoms with Crippen molar-refractivity contribution in [3.05, 3.63) is 0 Å². The van der Waals surface area contributed by atoms with Crippen molar-refractivity contribution in [2.45, 2.75) is 31.5 Å². The molecule has 0 bridgehead atoms. The molecule has 0 rings (SSSR count). The minimum absolute atomic E-state index is 0.311. The number of carboxylic acids is 1. The van der Waals surface area contributed by atoms with Crippen LogP contribution in [0.5, 0.6) is 0 Å². The highest BCUT2D eigenvalue weighted by Gasteiger charge is 2.63. The van der Waals surface area contributed by atoms with Crippen LogP contribution in [0.4, 0.5) is 22.0 Å². The van der Waals surface area contributed by atoms with Gasteiger partial charge in [0.05, 0.1) is 0 Å². The lowest BCUT2D eigenvalue weighted by atomic mass is 10.2. The molecule has 0 saturated heterocycles. The van der Waals surface area contributed by atoms with E-state index in [1.807, 2.05) is 0 Å². The van der Waals surface area contributed by atoms with Crippen LogP contribution in [0, 0.1) is 0 Å². The van der Waals surface area contributed by atoms with Crippen molar-refractivity contribution in [2.24, 2.45) is 0 Å². The van der Waals surface area contributed by atoms with Crippen molar-refractivity contribution in [1.29, 1.82) is 0 Å². The summed E-state index contributed by atoms with van der Waals surface area (Å²) in [7, 11) is 0. The molecule has 0 aromatic rings. The molecular weight excluding hydrogens is 241 g/mol. The Kier molecular flexibility index (Phi) is 4.21. The summed E-state index contributed by atoms with van der Waals surface area (Å²) in [6.07, 6.45) is -6.36. The molecule has 0 fully saturated rings. The fourth-order valence-corrected chi connectivity index (χ4v) is 0.716. The maximum Gasteiger partial charge on any atom is 0.463 e. The quantitative estimate of drug-likeness (QED) is 0.735. The minimum Gasteiger partial charge on any atom is -0.480 e. The molecular formula is C7H8F5NO3. The number of hydrogen-bond acceptors (Lipinski definition) is 2. The number of nitrogens with one attached hydrogen (secondary N) is 1. The van der Waals surface area contributed by atoms with E-state index < -0.39 is 30.0 Å². The first kappa shape index (κ1) is 14.6. The van der Waals surface area contributed by atoms with E-state index in [2.05, 4.69) is 0 Å². The number of carbonyl (C=O) groups excluding carboxylic acids is 1. The molecule has 9 heteroatoms. The van der Waals surface area contributed by atoms with Crippen molar-refractivity contribution in [3.63, 3.8) is 0 Å². The number of amides is 1. The largest absolute Gasteiger partial charge is 0.480 e. The van der Waals surface area contributed by atoms with Crippen LogP contribution in [0.2, 0.25) is 0 Å². The Labute approximate surface area is 86.4 Å². The van der Waals surface area contributed by atoms with Gasteiger partial charge < -0.3 is 10.4 Å². The molecule has 0 heterocycles. The van der Waals surface area contributed by atoms with Gasteiger partial charge in [0.2, 0.25) is 0 Å². The van der Waals surface area contributed by atoms with E-state index in [1.165, 1.54) is 6.92 Å². The van der Waals surface area contributed by atoms with Crippen LogP contribution in [0.1, 0.15) is 13.3 Å². The number of rotatable bonds is 4. The van der Waals surface area contributed by atoms with Gasteiger partial charge in [-0.2, -0.15) is 22.0 Å². The number of carbonyl (C=O) groups is 2. The number of carboxylic acid groups (broad SMARTS) is 1. The maximum atomic E-state index is 12.4. The second kappa shape index (κ2) is 4.62. The summed E-state index contributed by atoms with van der Waals surface area (Å²) in [5, 5.41) is 9.45. The van der Waals surface area contributed by atoms with Gasteiger partial charge in [0.1, 0.15) is 6.04 Å². The Bertz CT molecular complexity index is 288. The lowest BCUT2D eigenvalue weighted by molar-refractivity contribution is -0.270. The van der Waals surface area contributed by atoms with Gasteiger partial charge in [-0.05, 0) is 6.42 Å². The molecule has 2 N–H and O–H groups in total. The van der Waals surface area contributed by atoms with Gasteiger partial charge in [-0.1, -0.05) is 6.92 Å². The molecule has 0 aliphatic rings. The van der Waals surface area contributed by atoms with Crippen LogP contribution < -0.4 is 5.32 Å². The third-order valence-electron chi connectivity index (χ3n) is 1.65. The van der Waals surface area contributed by atoms with Gasteiger partial charge in [-0.25, -0.2) is 4.79 Å². The SMILES string of the molecule is CC[C@@H](NC(=O)C(F)(F)C(F)(F)F)C(=O)O. The molecule has 0 radical (unpaired) electrons. The molecule has 4 nitrogen and oxygen atoms in total. The summed E-state index contributed by atoms with van der Waals surface area (Å²) >= 11 is 0. The van der Waals surface area contributed by atoms with Gasteiger partial charge in [0, 0.05) is 0 Å². The second-order valence-corrected chi connectivity index (χ2v) is 2.84. The highest BCUT2D eigenvalue weighted by molar-refractivity contribution is 5.88. The van der Waals surface area contributed by atoms with Gasteiger partial charge >= 0.3 is 24.0 Å². The fraction of sp³-hybridized carbons (Fsp3) is 0.714. The number of hydrogen-bond donors (Lipinski definition) is 2. The Balaban J connectivity index is 4.76. The van der Waals surface area contributed by atoms with Crippen LogP contribution in [-0.2, 0) is 9.59 Å². The normalized spacial score (nSPS) is 14.4. The highest BCUT2D eigenvalue weighted by Crippen LogP contribution is 2.35. The molecule has 0 unspecified atom stereocenters. The van der Waals surface area contributed by atoms with Crippen molar-refractivity contribution in [2.75, 3.05) is 0 Å². The lowest BCUT2D eigenvalue weighted by Gasteiger charge is -2.20. The number of halogens is 5. The molecule has 1 atom stereocenters. The van der Waals surface area contributed by atoms with E-state index in [-0.39, 0.29) is 6.42 Å². The van der Waals surface area contributed by atoms with E-state index in [1.54, 1.807) is 0 Å². The van der Waals surface area contributed by atoms with Crippen molar-refractivity contribution < 1.29 is 36.6 Å². The molecule has 0 saturated carbocycles. The molecule has 0 aliphatic carbocycles. The van der Waals surface area contributed by atoms with Gasteiger partial charge in [0.15, 0.2) is 0 Å². The van der Waals surface area contributed by atoms with E-state index in [0.717, 1.165) is 5.32 Å². The summed E-state index contributed by atoms with van der Waals surface area (Å²) in [6.45, 7) is 1.21. The Morgan fingerprint density at radius 2 is 1.69 bits per heavy atom. The van der Waals surface area contributed by atoms with Crippen molar-refractivity contribution in [1.82, 2.24) is 5.32 Å². The third kappa shape index (κ3) is 3.04. The lowest BCUT2D eigenvalue weighted by Crippen LogP contribution is -2.54. The zero-order valence-electron chi connectivity index (χ0n) is 7.94. The van der Waals surface area contributed by atoms with Crippen LogP contribution in [0.25, 0.3) is 0 Å². The third-order valence-corrected chi connectivity index (χ3v) is 1.65. The van der Waals surface area contributed by atoms with Crippen molar-refractivity contribution >= 4 is 11.9 Å². The molecule has 0 aromatic heterocycles. The monoisotopic (exact) mass is 249 g/mol. The van der Waals surface area contributed by atoms with Gasteiger partial charge in [-0.15, -0.1) is 0 Å². The number of alkyl halides is 5. The summed E-state index contributed by atoms with van der Waals surface area (Å²) < 4.78 is 59.8. The average Bonchev–Trinajstić information content (AvgIpc) is 2.11. The molecule has 0 aromatic carbocycles. The summed E-state index contributed by atoms with van der Waals surface area (Å²) in [5.74, 6) is -9.96. The number of aliphatic carboxylic acids is 1. The van der Waals surface area contributed by atoms with Crippen molar-refractivity contribution in [3.8, 4) is 0 Å². The maximum absolute atomic E-state index is 12.4. The smallest absolute Gasteiger partial charge is 0.463 e. The van der Waals surface area contributed by atoms with E-state index in [9.17, 15) is 31.5 Å². The Morgan fingerprint density at radius 3 is 1.94 bits per heavy atom. The van der Waals surface area contributed by atoms with Crippen LogP contribution in [-0.4, -0.2) is 35.1 Å². The van der Waals surface area contributed by atoms with Gasteiger partial charge in [0.25, 0.3) is 0 Å². The predicted molar refractivity (Wildman–Crippen MR) is 40.9 cm³/mol. The molecule has 1 amide bonds. The first-order chi connectivity index (χ1) is 7.04. The van der Waals surface area contributed by atoms with E-state index in [0.29, 0.717) is 0 Å². The van der Waals surface area contributed by atoms with E-state index >= 15 is 0 Å². The molecule has 94 valence electrons. The summed E-state index contributed by atoms with van der Waals surface area (Å²) in [4.78, 5) is 20.8. The Morgan fingerprint density at radius 1 is 1.25 bits per heavy atom. The fourth-order valence-electron chi connectivity index (χ4n) is 0.716. The average molecular weight is 249 g/mol. The Hall–Kier alpha value is -1.41. The minimum atomic E-state index is -6.05. The molecule has 16 heavy (non-hydrogen) atoms. The van der Waals surface area contributed by atoms with E-state index in [4.69, 9.17) is 5.11 Å². The van der Waals surface area contributed by atoms with Crippen LogP contribution in [0.3, 0.4) is 0 Å². The topological polar surface area (TPSA) is 66.4 Å². The molecule has 0 aliphatic heterocycles. The second-order valence-electron chi connectivity index (χ2n) is 2.84. The van der Waals surface area contributed by atoms with Crippen LogP contribution >= 0.6 is 0 Å². The predicted octanol–water partition coefficient (Wildman–Crippen LogP) is 1.16. The highest BCUT2D eigenvalue weighted by atomic mass is 19.4. The molecule has 0 spiro atoms. The first-order valence-electron chi connectivity index (χ1n) is 4.02. The van der Waals surface area contributed by atoms with Crippen LogP contribution in [0.15, 0.2) is 0 Å².